The number of carbonyl (C=O) groups is 1. The summed E-state index contributed by atoms with van der Waals surface area (Å²) in [6.45, 7) is 0.349. The Morgan fingerprint density at radius 1 is 1.07 bits per heavy atom. The van der Waals surface area contributed by atoms with E-state index < -0.39 is 5.97 Å². The van der Waals surface area contributed by atoms with Crippen LogP contribution in [0.5, 0.6) is 23.0 Å². The molecule has 1 aliphatic heterocycles. The third-order valence-corrected chi connectivity index (χ3v) is 3.68. The molecule has 1 aliphatic rings. The lowest BCUT2D eigenvalue weighted by Crippen LogP contribution is -2.00. The molecule has 0 atom stereocenters. The minimum atomic E-state index is -0.618. The fourth-order valence-electron chi connectivity index (χ4n) is 2.36. The molecule has 6 nitrogen and oxygen atoms in total. The lowest BCUT2D eigenvalue weighted by atomic mass is 10.2. The molecule has 0 fully saturated rings. The van der Waals surface area contributed by atoms with Crippen LogP contribution in [0.4, 0.5) is 0 Å². The van der Waals surface area contributed by atoms with E-state index >= 15 is 0 Å². The smallest absolute Gasteiger partial charge is 0.385 e. The Morgan fingerprint density at radius 2 is 1.81 bits per heavy atom. The molecule has 1 heterocycles. The molecular weight excluding hydrogens is 348 g/mol. The molecule has 27 heavy (non-hydrogen) atoms. The Morgan fingerprint density at radius 3 is 2.56 bits per heavy atom. The Kier molecular flexibility index (Phi) is 5.85. The van der Waals surface area contributed by atoms with Gasteiger partial charge in [-0.25, -0.2) is 4.79 Å². The van der Waals surface area contributed by atoms with Gasteiger partial charge in [-0.1, -0.05) is 18.1 Å². The fraction of sp³-hybridized carbons (Fsp3) is 0.190. The van der Waals surface area contributed by atoms with E-state index in [1.807, 2.05) is 24.3 Å². The standard InChI is InChI=1S/C21H18O6/c1-23-17-10-16(11-18(13-17)24-2)6-8-21(22)25-9-3-4-15-5-7-19-20(12-15)27-14-26-19/h3-5,7,10-13H,9,14H2,1-2H3/b4-3+. The maximum atomic E-state index is 11.8. The molecule has 138 valence electrons. The first kappa shape index (κ1) is 18.2. The minimum absolute atomic E-state index is 0.114. The van der Waals surface area contributed by atoms with Gasteiger partial charge in [0.1, 0.15) is 18.1 Å². The fourth-order valence-corrected chi connectivity index (χ4v) is 2.36. The summed E-state index contributed by atoms with van der Waals surface area (Å²) in [5.74, 6) is 7.18. The van der Waals surface area contributed by atoms with Gasteiger partial charge in [-0.05, 0) is 35.9 Å². The van der Waals surface area contributed by atoms with Crippen molar-refractivity contribution in [3.05, 3.63) is 53.6 Å². The Balaban J connectivity index is 1.54. The molecule has 0 aromatic heterocycles. The lowest BCUT2D eigenvalue weighted by Gasteiger charge is -2.04. The van der Waals surface area contributed by atoms with Crippen LogP contribution in [-0.2, 0) is 9.53 Å². The molecule has 0 N–H and O–H groups in total. The van der Waals surface area contributed by atoms with Crippen molar-refractivity contribution >= 4 is 12.0 Å². The molecule has 2 aromatic carbocycles. The number of ether oxygens (including phenoxy) is 5. The van der Waals surface area contributed by atoms with Gasteiger partial charge in [0.15, 0.2) is 11.5 Å². The van der Waals surface area contributed by atoms with Crippen LogP contribution in [0.25, 0.3) is 6.08 Å². The molecule has 0 saturated heterocycles. The monoisotopic (exact) mass is 366 g/mol. The van der Waals surface area contributed by atoms with Gasteiger partial charge in [-0.2, -0.15) is 0 Å². The molecule has 0 aliphatic carbocycles. The number of esters is 1. The largest absolute Gasteiger partial charge is 0.497 e. The molecular formula is C21H18O6. The molecule has 6 heteroatoms. The van der Waals surface area contributed by atoms with Crippen LogP contribution in [-0.4, -0.2) is 33.6 Å². The highest BCUT2D eigenvalue weighted by Crippen LogP contribution is 2.32. The van der Waals surface area contributed by atoms with Gasteiger partial charge in [0.2, 0.25) is 6.79 Å². The van der Waals surface area contributed by atoms with Gasteiger partial charge in [-0.3, -0.25) is 0 Å². The maximum Gasteiger partial charge on any atom is 0.385 e. The minimum Gasteiger partial charge on any atom is -0.497 e. The van der Waals surface area contributed by atoms with Gasteiger partial charge in [0, 0.05) is 17.6 Å². The Labute approximate surface area is 157 Å². The number of benzene rings is 2. The number of carbonyl (C=O) groups excluding carboxylic acids is 1. The number of methoxy groups -OCH3 is 2. The van der Waals surface area contributed by atoms with Gasteiger partial charge >= 0.3 is 5.97 Å². The molecule has 0 bridgehead atoms. The van der Waals surface area contributed by atoms with Crippen LogP contribution in [0.3, 0.4) is 0 Å². The Bertz CT molecular complexity index is 898. The topological polar surface area (TPSA) is 63.2 Å². The highest BCUT2D eigenvalue weighted by Gasteiger charge is 2.12. The summed E-state index contributed by atoms with van der Waals surface area (Å²) < 4.78 is 26.0. The number of hydrogen-bond donors (Lipinski definition) is 0. The zero-order chi connectivity index (χ0) is 19.1. The second-order valence-electron chi connectivity index (χ2n) is 5.46. The first-order valence-electron chi connectivity index (χ1n) is 8.16. The summed E-state index contributed by atoms with van der Waals surface area (Å²) in [5.41, 5.74) is 1.52. The van der Waals surface area contributed by atoms with Gasteiger partial charge < -0.3 is 23.7 Å². The zero-order valence-electron chi connectivity index (χ0n) is 15.0. The number of fused-ring (bicyclic) bond motifs is 1. The van der Waals surface area contributed by atoms with Crippen molar-refractivity contribution in [3.63, 3.8) is 0 Å². The number of rotatable bonds is 5. The summed E-state index contributed by atoms with van der Waals surface area (Å²) in [4.78, 5) is 11.8. The van der Waals surface area contributed by atoms with E-state index in [4.69, 9.17) is 23.7 Å². The normalized spacial score (nSPS) is 11.6. The van der Waals surface area contributed by atoms with E-state index in [9.17, 15) is 4.79 Å². The van der Waals surface area contributed by atoms with Crippen molar-refractivity contribution in [1.29, 1.82) is 0 Å². The second kappa shape index (κ2) is 8.68. The Hall–Kier alpha value is -3.59. The summed E-state index contributed by atoms with van der Waals surface area (Å²) in [6, 6.07) is 10.7. The van der Waals surface area contributed by atoms with Crippen LogP contribution in [0.15, 0.2) is 42.5 Å². The highest BCUT2D eigenvalue weighted by atomic mass is 16.7. The summed E-state index contributed by atoms with van der Waals surface area (Å²) in [7, 11) is 3.10. The first-order chi connectivity index (χ1) is 13.2. The zero-order valence-corrected chi connectivity index (χ0v) is 15.0. The van der Waals surface area contributed by atoms with E-state index in [0.29, 0.717) is 22.8 Å². The predicted octanol–water partition coefficient (Wildman–Crippen LogP) is 3.04. The number of hydrogen-bond acceptors (Lipinski definition) is 6. The molecule has 3 rings (SSSR count). The lowest BCUT2D eigenvalue weighted by molar-refractivity contribution is -0.135. The van der Waals surface area contributed by atoms with Crippen molar-refractivity contribution in [1.82, 2.24) is 0 Å². The average molecular weight is 366 g/mol. The van der Waals surface area contributed by atoms with Gasteiger partial charge in [-0.15, -0.1) is 0 Å². The van der Waals surface area contributed by atoms with E-state index in [0.717, 1.165) is 11.3 Å². The third kappa shape index (κ3) is 4.95. The van der Waals surface area contributed by atoms with Crippen molar-refractivity contribution in [2.45, 2.75) is 0 Å². The average Bonchev–Trinajstić information content (AvgIpc) is 3.17. The third-order valence-electron chi connectivity index (χ3n) is 3.68. The molecule has 0 saturated carbocycles. The quantitative estimate of drug-likeness (QED) is 0.599. The van der Waals surface area contributed by atoms with E-state index in [1.165, 1.54) is 0 Å². The SMILES string of the molecule is COc1cc(C#CC(=O)OC/C=C/c2ccc3c(c2)OCO3)cc(OC)c1. The molecule has 0 unspecified atom stereocenters. The van der Waals surface area contributed by atoms with Crippen LogP contribution < -0.4 is 18.9 Å². The summed E-state index contributed by atoms with van der Waals surface area (Å²) in [5, 5.41) is 0. The summed E-state index contributed by atoms with van der Waals surface area (Å²) in [6.07, 6.45) is 3.56. The molecule has 0 amide bonds. The van der Waals surface area contributed by atoms with Crippen LogP contribution in [0.2, 0.25) is 0 Å². The predicted molar refractivity (Wildman–Crippen MR) is 99.0 cm³/mol. The van der Waals surface area contributed by atoms with E-state index in [1.54, 1.807) is 38.5 Å². The summed E-state index contributed by atoms with van der Waals surface area (Å²) >= 11 is 0. The molecule has 2 aromatic rings. The molecule has 0 radical (unpaired) electrons. The van der Waals surface area contributed by atoms with Crippen molar-refractivity contribution < 1.29 is 28.5 Å². The van der Waals surface area contributed by atoms with Gasteiger partial charge in [0.05, 0.1) is 14.2 Å². The van der Waals surface area contributed by atoms with Crippen molar-refractivity contribution in [3.8, 4) is 34.8 Å². The van der Waals surface area contributed by atoms with Crippen molar-refractivity contribution in [2.24, 2.45) is 0 Å². The first-order valence-corrected chi connectivity index (χ1v) is 8.16. The second-order valence-corrected chi connectivity index (χ2v) is 5.46. The molecule has 0 spiro atoms. The maximum absolute atomic E-state index is 11.8. The van der Waals surface area contributed by atoms with Crippen LogP contribution in [0, 0.1) is 11.8 Å². The highest BCUT2D eigenvalue weighted by molar-refractivity contribution is 5.89. The van der Waals surface area contributed by atoms with E-state index in [2.05, 4.69) is 11.8 Å². The van der Waals surface area contributed by atoms with E-state index in [-0.39, 0.29) is 13.4 Å². The van der Waals surface area contributed by atoms with Crippen LogP contribution >= 0.6 is 0 Å². The van der Waals surface area contributed by atoms with Crippen LogP contribution in [0.1, 0.15) is 11.1 Å². The van der Waals surface area contributed by atoms with Gasteiger partial charge in [0.25, 0.3) is 0 Å². The van der Waals surface area contributed by atoms with Crippen molar-refractivity contribution in [2.75, 3.05) is 27.6 Å².